The number of morpholine rings is 1. The number of carbonyl (C=O) groups is 1. The van der Waals surface area contributed by atoms with E-state index >= 15 is 0 Å². The molecule has 0 saturated carbocycles. The fraction of sp³-hybridized carbons (Fsp3) is 0.375. The first-order valence-electron chi connectivity index (χ1n) is 6.70. The molecule has 2 atom stereocenters. The molecule has 104 valence electrons. The van der Waals surface area contributed by atoms with Gasteiger partial charge in [-0.15, -0.1) is 0 Å². The van der Waals surface area contributed by atoms with Gasteiger partial charge in [0.15, 0.2) is 0 Å². The molecular weight excluding hydrogens is 252 g/mol. The number of benzene rings is 1. The van der Waals surface area contributed by atoms with Crippen molar-refractivity contribution in [3.63, 3.8) is 0 Å². The van der Waals surface area contributed by atoms with Gasteiger partial charge < -0.3 is 9.64 Å². The van der Waals surface area contributed by atoms with Crippen LogP contribution in [0.25, 0.3) is 6.08 Å². The standard InChI is InChI=1S/C16H18N2O2/c1-12-10-20-11-13(2)18(12)16(19)7-6-14-4-3-5-15(8-14)9-17/h3-8,12-13H,10-11H2,1-2H3/b7-6+/t12-,13-/m1/s1. The van der Waals surface area contributed by atoms with E-state index in [1.54, 1.807) is 24.3 Å². The molecule has 0 radical (unpaired) electrons. The predicted octanol–water partition coefficient (Wildman–Crippen LogP) is 2.21. The first kappa shape index (κ1) is 14.3. The quantitative estimate of drug-likeness (QED) is 0.774. The van der Waals surface area contributed by atoms with Crippen LogP contribution in [0.5, 0.6) is 0 Å². The second-order valence-electron chi connectivity index (χ2n) is 5.05. The molecule has 1 aromatic carbocycles. The lowest BCUT2D eigenvalue weighted by Gasteiger charge is -2.38. The minimum atomic E-state index is -0.0179. The maximum atomic E-state index is 12.3. The van der Waals surface area contributed by atoms with Crippen LogP contribution in [0, 0.1) is 11.3 Å². The summed E-state index contributed by atoms with van der Waals surface area (Å²) in [7, 11) is 0. The zero-order valence-corrected chi connectivity index (χ0v) is 11.7. The van der Waals surface area contributed by atoms with Crippen molar-refractivity contribution in [2.24, 2.45) is 0 Å². The van der Waals surface area contributed by atoms with Crippen LogP contribution in [-0.4, -0.2) is 36.1 Å². The average molecular weight is 270 g/mol. The van der Waals surface area contributed by atoms with Crippen LogP contribution in [-0.2, 0) is 9.53 Å². The Balaban J connectivity index is 2.10. The summed E-state index contributed by atoms with van der Waals surface area (Å²) < 4.78 is 5.41. The second kappa shape index (κ2) is 6.36. The number of hydrogen-bond acceptors (Lipinski definition) is 3. The number of hydrogen-bond donors (Lipinski definition) is 0. The van der Waals surface area contributed by atoms with Crippen molar-refractivity contribution in [2.75, 3.05) is 13.2 Å². The molecule has 20 heavy (non-hydrogen) atoms. The normalized spacial score (nSPS) is 22.8. The third kappa shape index (κ3) is 3.25. The third-order valence-electron chi connectivity index (χ3n) is 3.36. The predicted molar refractivity (Wildman–Crippen MR) is 76.8 cm³/mol. The highest BCUT2D eigenvalue weighted by molar-refractivity contribution is 5.92. The summed E-state index contributed by atoms with van der Waals surface area (Å²) >= 11 is 0. The summed E-state index contributed by atoms with van der Waals surface area (Å²) in [6, 6.07) is 9.44. The lowest BCUT2D eigenvalue weighted by Crippen LogP contribution is -2.51. The van der Waals surface area contributed by atoms with Crippen molar-refractivity contribution in [3.8, 4) is 6.07 Å². The number of amides is 1. The molecule has 0 aromatic heterocycles. The molecule has 1 aromatic rings. The molecule has 0 N–H and O–H groups in total. The first-order chi connectivity index (χ1) is 9.61. The van der Waals surface area contributed by atoms with Gasteiger partial charge in [0, 0.05) is 6.08 Å². The Kier molecular flexibility index (Phi) is 4.54. The Morgan fingerprint density at radius 1 is 1.40 bits per heavy atom. The molecular formula is C16H18N2O2. The Labute approximate surface area is 119 Å². The molecule has 2 rings (SSSR count). The van der Waals surface area contributed by atoms with E-state index in [0.29, 0.717) is 18.8 Å². The zero-order chi connectivity index (χ0) is 14.5. The van der Waals surface area contributed by atoms with Crippen LogP contribution in [0.2, 0.25) is 0 Å². The van der Waals surface area contributed by atoms with Gasteiger partial charge in [0.05, 0.1) is 36.9 Å². The molecule has 0 bridgehead atoms. The van der Waals surface area contributed by atoms with E-state index in [2.05, 4.69) is 6.07 Å². The first-order valence-corrected chi connectivity index (χ1v) is 6.70. The summed E-state index contributed by atoms with van der Waals surface area (Å²) in [5.74, 6) is -0.0179. The topological polar surface area (TPSA) is 53.3 Å². The Bertz CT molecular complexity index is 550. The number of rotatable bonds is 2. The molecule has 1 aliphatic rings. The molecule has 1 heterocycles. The molecule has 1 amide bonds. The van der Waals surface area contributed by atoms with E-state index in [1.165, 1.54) is 0 Å². The SMILES string of the molecule is C[C@@H]1COC[C@@H](C)N1C(=O)/C=C/c1cccc(C#N)c1. The summed E-state index contributed by atoms with van der Waals surface area (Å²) in [6.45, 7) is 5.12. The van der Waals surface area contributed by atoms with Crippen molar-refractivity contribution in [1.82, 2.24) is 4.90 Å². The fourth-order valence-corrected chi connectivity index (χ4v) is 2.40. The van der Waals surface area contributed by atoms with E-state index in [0.717, 1.165) is 5.56 Å². The lowest BCUT2D eigenvalue weighted by atomic mass is 10.1. The summed E-state index contributed by atoms with van der Waals surface area (Å²) in [4.78, 5) is 14.1. The highest BCUT2D eigenvalue weighted by atomic mass is 16.5. The van der Waals surface area contributed by atoms with Crippen LogP contribution in [0.1, 0.15) is 25.0 Å². The van der Waals surface area contributed by atoms with Crippen LogP contribution < -0.4 is 0 Å². The van der Waals surface area contributed by atoms with Crippen molar-refractivity contribution in [3.05, 3.63) is 41.5 Å². The monoisotopic (exact) mass is 270 g/mol. The van der Waals surface area contributed by atoms with Gasteiger partial charge >= 0.3 is 0 Å². The Morgan fingerprint density at radius 3 is 2.75 bits per heavy atom. The minimum absolute atomic E-state index is 0.0179. The van der Waals surface area contributed by atoms with Gasteiger partial charge in [-0.25, -0.2) is 0 Å². The van der Waals surface area contributed by atoms with Gasteiger partial charge in [0.25, 0.3) is 0 Å². The van der Waals surface area contributed by atoms with Crippen LogP contribution in [0.15, 0.2) is 30.3 Å². The van der Waals surface area contributed by atoms with Gasteiger partial charge in [-0.05, 0) is 37.6 Å². The molecule has 1 fully saturated rings. The highest BCUT2D eigenvalue weighted by Gasteiger charge is 2.28. The van der Waals surface area contributed by atoms with Gasteiger partial charge in [0.1, 0.15) is 0 Å². The minimum Gasteiger partial charge on any atom is -0.377 e. The Morgan fingerprint density at radius 2 is 2.10 bits per heavy atom. The summed E-state index contributed by atoms with van der Waals surface area (Å²) in [6.07, 6.45) is 3.31. The number of nitriles is 1. The van der Waals surface area contributed by atoms with Crippen LogP contribution in [0.3, 0.4) is 0 Å². The lowest BCUT2D eigenvalue weighted by molar-refractivity contribution is -0.138. The van der Waals surface area contributed by atoms with Crippen molar-refractivity contribution in [1.29, 1.82) is 5.26 Å². The molecule has 1 saturated heterocycles. The van der Waals surface area contributed by atoms with Crippen molar-refractivity contribution >= 4 is 12.0 Å². The van der Waals surface area contributed by atoms with Gasteiger partial charge in [-0.1, -0.05) is 12.1 Å². The third-order valence-corrected chi connectivity index (χ3v) is 3.36. The van der Waals surface area contributed by atoms with E-state index in [-0.39, 0.29) is 18.0 Å². The fourth-order valence-electron chi connectivity index (χ4n) is 2.40. The molecule has 0 spiro atoms. The zero-order valence-electron chi connectivity index (χ0n) is 11.7. The largest absolute Gasteiger partial charge is 0.377 e. The van der Waals surface area contributed by atoms with E-state index in [1.807, 2.05) is 30.9 Å². The molecule has 0 aliphatic carbocycles. The molecule has 4 heteroatoms. The number of ether oxygens (including phenoxy) is 1. The van der Waals surface area contributed by atoms with Crippen molar-refractivity contribution in [2.45, 2.75) is 25.9 Å². The highest BCUT2D eigenvalue weighted by Crippen LogP contribution is 2.14. The number of carbonyl (C=O) groups excluding carboxylic acids is 1. The molecule has 0 unspecified atom stereocenters. The number of nitrogens with zero attached hydrogens (tertiary/aromatic N) is 2. The van der Waals surface area contributed by atoms with E-state index in [9.17, 15) is 4.79 Å². The second-order valence-corrected chi connectivity index (χ2v) is 5.05. The van der Waals surface area contributed by atoms with E-state index in [4.69, 9.17) is 10.00 Å². The van der Waals surface area contributed by atoms with E-state index < -0.39 is 0 Å². The van der Waals surface area contributed by atoms with Gasteiger partial charge in [0.2, 0.25) is 5.91 Å². The van der Waals surface area contributed by atoms with Crippen molar-refractivity contribution < 1.29 is 9.53 Å². The maximum Gasteiger partial charge on any atom is 0.247 e. The summed E-state index contributed by atoms with van der Waals surface area (Å²) in [5.41, 5.74) is 1.44. The Hall–Kier alpha value is -2.12. The smallest absolute Gasteiger partial charge is 0.247 e. The maximum absolute atomic E-state index is 12.3. The molecule has 4 nitrogen and oxygen atoms in total. The summed E-state index contributed by atoms with van der Waals surface area (Å²) in [5, 5.41) is 8.85. The van der Waals surface area contributed by atoms with Gasteiger partial charge in [-0.2, -0.15) is 5.26 Å². The molecule has 1 aliphatic heterocycles. The average Bonchev–Trinajstić information content (AvgIpc) is 2.45. The van der Waals surface area contributed by atoms with Crippen LogP contribution in [0.4, 0.5) is 0 Å². The van der Waals surface area contributed by atoms with Gasteiger partial charge in [-0.3, -0.25) is 4.79 Å². The van der Waals surface area contributed by atoms with Crippen LogP contribution >= 0.6 is 0 Å².